The second-order valence-electron chi connectivity index (χ2n) is 2.18. The highest BCUT2D eigenvalue weighted by Gasteiger charge is 2.29. The molecule has 0 fully saturated rings. The number of nitrogens with zero attached hydrogens (tertiary/aromatic N) is 1. The van der Waals surface area contributed by atoms with Gasteiger partial charge in [-0.3, -0.25) is 10.1 Å². The van der Waals surface area contributed by atoms with Crippen molar-refractivity contribution >= 4 is 27.6 Å². The van der Waals surface area contributed by atoms with Gasteiger partial charge in [-0.25, -0.2) is 4.79 Å². The summed E-state index contributed by atoms with van der Waals surface area (Å²) in [6.45, 7) is 0. The van der Waals surface area contributed by atoms with Gasteiger partial charge in [0.1, 0.15) is 10.5 Å². The van der Waals surface area contributed by atoms with Crippen LogP contribution in [0.1, 0.15) is 0 Å². The van der Waals surface area contributed by atoms with E-state index in [-0.39, 0.29) is 15.5 Å². The minimum absolute atomic E-state index is 0.0687. The smallest absolute Gasteiger partial charge is 0.341 e. The van der Waals surface area contributed by atoms with E-state index in [1.165, 1.54) is 7.11 Å². The molecule has 0 saturated carbocycles. The molecule has 76 valence electrons. The normalized spacial score (nSPS) is 18.8. The molecule has 0 spiro atoms. The predicted molar refractivity (Wildman–Crippen MR) is 53.5 cm³/mol. The Morgan fingerprint density at radius 2 is 2.29 bits per heavy atom. The summed E-state index contributed by atoms with van der Waals surface area (Å²) in [6.07, 6.45) is 0.740. The van der Waals surface area contributed by atoms with E-state index >= 15 is 0 Å². The highest BCUT2D eigenvalue weighted by molar-refractivity contribution is 8.80. The number of hydrogen-bond donors (Lipinski definition) is 1. The first-order valence-corrected chi connectivity index (χ1v) is 5.49. The number of rotatable bonds is 2. The summed E-state index contributed by atoms with van der Waals surface area (Å²) in [5.41, 5.74) is 5.55. The fourth-order valence-corrected chi connectivity index (χ4v) is 2.87. The van der Waals surface area contributed by atoms with E-state index < -0.39 is 10.9 Å². The number of nitrogens with two attached hydrogens (primary N) is 1. The van der Waals surface area contributed by atoms with Gasteiger partial charge in [0.15, 0.2) is 0 Å². The lowest BCUT2D eigenvalue weighted by Gasteiger charge is -1.99. The van der Waals surface area contributed by atoms with Crippen molar-refractivity contribution in [3.05, 3.63) is 31.8 Å². The van der Waals surface area contributed by atoms with Crippen molar-refractivity contribution in [1.29, 1.82) is 0 Å². The molecular formula is C6H6N2O4S2. The fraction of sp³-hybridized carbons (Fsp3) is 0.167. The Balaban J connectivity index is 3.03. The molecule has 14 heavy (non-hydrogen) atoms. The molecule has 6 nitrogen and oxygen atoms in total. The maximum atomic E-state index is 11.2. The van der Waals surface area contributed by atoms with Gasteiger partial charge in [0.05, 0.1) is 17.1 Å². The lowest BCUT2D eigenvalue weighted by Crippen LogP contribution is -2.09. The minimum Gasteiger partial charge on any atom is -0.465 e. The molecular weight excluding hydrogens is 228 g/mol. The van der Waals surface area contributed by atoms with Crippen molar-refractivity contribution < 1.29 is 14.5 Å². The van der Waals surface area contributed by atoms with Crippen LogP contribution in [-0.2, 0) is 9.53 Å². The largest absolute Gasteiger partial charge is 0.465 e. The van der Waals surface area contributed by atoms with Gasteiger partial charge in [0.2, 0.25) is 6.20 Å². The Morgan fingerprint density at radius 1 is 1.64 bits per heavy atom. The highest BCUT2D eigenvalue weighted by Crippen LogP contribution is 2.47. The van der Waals surface area contributed by atoms with Crippen LogP contribution in [0.15, 0.2) is 21.7 Å². The van der Waals surface area contributed by atoms with E-state index in [1.807, 2.05) is 0 Å². The molecule has 0 aromatic carbocycles. The van der Waals surface area contributed by atoms with Crippen molar-refractivity contribution in [2.45, 2.75) is 0 Å². The summed E-state index contributed by atoms with van der Waals surface area (Å²) in [7, 11) is 3.36. The van der Waals surface area contributed by atoms with Crippen LogP contribution in [0.4, 0.5) is 0 Å². The molecule has 0 amide bonds. The Kier molecular flexibility index (Phi) is 3.42. The van der Waals surface area contributed by atoms with Gasteiger partial charge < -0.3 is 10.5 Å². The lowest BCUT2D eigenvalue weighted by atomic mass is 10.3. The monoisotopic (exact) mass is 234 g/mol. The summed E-state index contributed by atoms with van der Waals surface area (Å²) >= 11 is 0. The SMILES string of the molecule is COC(=O)C1=C(N)SS/C1=C\[N+](=O)[O-]. The Hall–Kier alpha value is -1.15. The molecule has 1 rings (SSSR count). The molecule has 2 N–H and O–H groups in total. The Labute approximate surface area is 87.1 Å². The number of carbonyl (C=O) groups is 1. The third-order valence-electron chi connectivity index (χ3n) is 1.33. The Morgan fingerprint density at radius 3 is 2.79 bits per heavy atom. The average Bonchev–Trinajstić information content (AvgIpc) is 2.45. The van der Waals surface area contributed by atoms with E-state index in [0.29, 0.717) is 0 Å². The molecule has 0 aromatic rings. The van der Waals surface area contributed by atoms with Crippen LogP contribution in [0.5, 0.6) is 0 Å². The molecule has 1 aliphatic heterocycles. The molecule has 0 radical (unpaired) electrons. The molecule has 0 saturated heterocycles. The summed E-state index contributed by atoms with van der Waals surface area (Å²) in [6, 6.07) is 0. The molecule has 8 heteroatoms. The van der Waals surface area contributed by atoms with Crippen LogP contribution in [-0.4, -0.2) is 18.0 Å². The van der Waals surface area contributed by atoms with Crippen LogP contribution in [0.2, 0.25) is 0 Å². The van der Waals surface area contributed by atoms with E-state index in [2.05, 4.69) is 4.74 Å². The maximum absolute atomic E-state index is 11.2. The number of methoxy groups -OCH3 is 1. The van der Waals surface area contributed by atoms with Crippen LogP contribution >= 0.6 is 21.6 Å². The van der Waals surface area contributed by atoms with Crippen molar-refractivity contribution in [1.82, 2.24) is 0 Å². The first kappa shape index (κ1) is 10.9. The molecule has 0 aliphatic carbocycles. The standard InChI is InChI=1S/C6H6N2O4S2/c1-12-6(9)4-3(2-8(10)11)13-14-5(4)7/h2H,7H2,1H3/b3-2-. The molecule has 0 unspecified atom stereocenters. The van der Waals surface area contributed by atoms with Gasteiger partial charge in [0.25, 0.3) is 0 Å². The zero-order chi connectivity index (χ0) is 10.7. The maximum Gasteiger partial charge on any atom is 0.341 e. The zero-order valence-corrected chi connectivity index (χ0v) is 8.68. The third-order valence-corrected chi connectivity index (χ3v) is 3.61. The Bertz CT molecular complexity index is 350. The second kappa shape index (κ2) is 4.38. The van der Waals surface area contributed by atoms with Gasteiger partial charge in [-0.1, -0.05) is 0 Å². The third kappa shape index (κ3) is 2.20. The number of esters is 1. The molecule has 1 aliphatic rings. The van der Waals surface area contributed by atoms with Gasteiger partial charge in [-0.05, 0) is 21.6 Å². The van der Waals surface area contributed by atoms with Gasteiger partial charge in [-0.15, -0.1) is 0 Å². The van der Waals surface area contributed by atoms with Crippen molar-refractivity contribution in [3.8, 4) is 0 Å². The van der Waals surface area contributed by atoms with Crippen LogP contribution in [0, 0.1) is 10.1 Å². The fourth-order valence-electron chi connectivity index (χ4n) is 0.780. The summed E-state index contributed by atoms with van der Waals surface area (Å²) in [5.74, 6) is -0.659. The summed E-state index contributed by atoms with van der Waals surface area (Å²) in [5, 5.41) is 10.4. The average molecular weight is 234 g/mol. The lowest BCUT2D eigenvalue weighted by molar-refractivity contribution is -0.402. The molecule has 0 bridgehead atoms. The van der Waals surface area contributed by atoms with E-state index in [9.17, 15) is 14.9 Å². The van der Waals surface area contributed by atoms with E-state index in [0.717, 1.165) is 27.8 Å². The number of hydrogen-bond acceptors (Lipinski definition) is 7. The van der Waals surface area contributed by atoms with E-state index in [4.69, 9.17) is 5.73 Å². The topological polar surface area (TPSA) is 95.5 Å². The van der Waals surface area contributed by atoms with E-state index in [1.54, 1.807) is 0 Å². The number of ether oxygens (including phenoxy) is 1. The van der Waals surface area contributed by atoms with Gasteiger partial charge in [-0.2, -0.15) is 0 Å². The number of carbonyl (C=O) groups excluding carboxylic acids is 1. The minimum atomic E-state index is -0.659. The quantitative estimate of drug-likeness (QED) is 0.327. The molecule has 1 heterocycles. The van der Waals surface area contributed by atoms with Crippen LogP contribution < -0.4 is 5.73 Å². The zero-order valence-electron chi connectivity index (χ0n) is 7.05. The number of nitro groups is 1. The van der Waals surface area contributed by atoms with Crippen LogP contribution in [0.3, 0.4) is 0 Å². The first-order chi connectivity index (χ1) is 6.56. The van der Waals surface area contributed by atoms with Crippen molar-refractivity contribution in [3.63, 3.8) is 0 Å². The molecule has 0 atom stereocenters. The van der Waals surface area contributed by atoms with Gasteiger partial charge >= 0.3 is 5.97 Å². The second-order valence-corrected chi connectivity index (χ2v) is 4.39. The highest BCUT2D eigenvalue weighted by atomic mass is 33.1. The van der Waals surface area contributed by atoms with Gasteiger partial charge in [0, 0.05) is 0 Å². The summed E-state index contributed by atoms with van der Waals surface area (Å²) < 4.78 is 4.45. The summed E-state index contributed by atoms with van der Waals surface area (Å²) in [4.78, 5) is 21.0. The van der Waals surface area contributed by atoms with Crippen LogP contribution in [0.25, 0.3) is 0 Å². The predicted octanol–water partition coefficient (Wildman–Crippen LogP) is 0.843. The first-order valence-electron chi connectivity index (χ1n) is 3.34. The van der Waals surface area contributed by atoms with Crippen molar-refractivity contribution in [2.24, 2.45) is 5.73 Å². The molecule has 0 aromatic heterocycles. The van der Waals surface area contributed by atoms with Crippen molar-refractivity contribution in [2.75, 3.05) is 7.11 Å².